The molecule has 1 nitrogen and oxygen atoms in total. The Bertz CT molecular complexity index is 2200. The maximum absolute atomic E-state index is 4.61. The minimum absolute atomic E-state index is 0.135. The summed E-state index contributed by atoms with van der Waals surface area (Å²) in [5.74, 6) is 0.135. The zero-order chi connectivity index (χ0) is 29.5. The highest BCUT2D eigenvalue weighted by Gasteiger charge is 2.24. The lowest BCUT2D eigenvalue weighted by Gasteiger charge is -2.17. The van der Waals surface area contributed by atoms with Gasteiger partial charge in [-0.3, -0.25) is 4.98 Å². The summed E-state index contributed by atoms with van der Waals surface area (Å²) < 4.78 is 0. The summed E-state index contributed by atoms with van der Waals surface area (Å²) in [7, 11) is 0. The number of hydrogen-bond acceptors (Lipinski definition) is 1. The van der Waals surface area contributed by atoms with Gasteiger partial charge in [-0.05, 0) is 84.8 Å². The minimum atomic E-state index is 0.135. The van der Waals surface area contributed by atoms with Gasteiger partial charge in [-0.2, -0.15) is 0 Å². The Hall–Kier alpha value is -5.53. The maximum Gasteiger partial charge on any atom is 0.0346 e. The van der Waals surface area contributed by atoms with Crippen molar-refractivity contribution < 1.29 is 0 Å². The Morgan fingerprint density at radius 3 is 2.20 bits per heavy atom. The average molecular weight is 562 g/mol. The van der Waals surface area contributed by atoms with Gasteiger partial charge in [-0.1, -0.05) is 146 Å². The number of pyridine rings is 1. The van der Waals surface area contributed by atoms with Crippen LogP contribution in [-0.4, -0.2) is 4.98 Å². The number of aromatic nitrogens is 1. The highest BCUT2D eigenvalue weighted by molar-refractivity contribution is 6.00. The van der Waals surface area contributed by atoms with Crippen LogP contribution in [0.1, 0.15) is 28.2 Å². The van der Waals surface area contributed by atoms with E-state index in [1.165, 1.54) is 71.8 Å². The molecule has 0 N–H and O–H groups in total. The van der Waals surface area contributed by atoms with Gasteiger partial charge in [0.15, 0.2) is 0 Å². The zero-order valence-electron chi connectivity index (χ0n) is 24.4. The molecule has 0 bridgehead atoms. The van der Waals surface area contributed by atoms with Crippen molar-refractivity contribution in [3.8, 4) is 22.3 Å². The van der Waals surface area contributed by atoms with Crippen molar-refractivity contribution in [1.29, 1.82) is 0 Å². The number of nitrogens with zero attached hydrogens (tertiary/aromatic N) is 1. The molecule has 1 aromatic heterocycles. The lowest BCUT2D eigenvalue weighted by Crippen LogP contribution is -2.00. The van der Waals surface area contributed by atoms with E-state index in [1.54, 1.807) is 0 Å². The zero-order valence-corrected chi connectivity index (χ0v) is 24.4. The second-order valence-corrected chi connectivity index (χ2v) is 11.7. The van der Waals surface area contributed by atoms with Gasteiger partial charge >= 0.3 is 0 Å². The number of fused-ring (bicyclic) bond motifs is 4. The Morgan fingerprint density at radius 1 is 0.568 bits per heavy atom. The van der Waals surface area contributed by atoms with E-state index in [1.807, 2.05) is 12.4 Å². The molecular formula is C43H31N. The second-order valence-electron chi connectivity index (χ2n) is 11.7. The molecule has 44 heavy (non-hydrogen) atoms. The van der Waals surface area contributed by atoms with E-state index in [0.717, 1.165) is 11.8 Å². The Morgan fingerprint density at radius 2 is 1.32 bits per heavy atom. The van der Waals surface area contributed by atoms with Crippen molar-refractivity contribution in [1.82, 2.24) is 4.98 Å². The van der Waals surface area contributed by atoms with Gasteiger partial charge in [-0.15, -0.1) is 0 Å². The molecule has 8 rings (SSSR count). The van der Waals surface area contributed by atoms with Crippen LogP contribution in [0.4, 0.5) is 0 Å². The largest absolute Gasteiger partial charge is 0.264 e. The molecular weight excluding hydrogens is 530 g/mol. The summed E-state index contributed by atoms with van der Waals surface area (Å²) in [4.78, 5) is 4.30. The standard InChI is InChI=1S/C43H31N/c1-29-25-36-22-21-32-11-5-6-15-40(32)43(36)42(27-41(29)31-9-3-2-4-10-31)35-13-7-12-34(26-35)30-17-19-33(20-18-30)38-16-8-14-37-28-44-24-23-39(37)38/h2-24,26-28,41H,1,25H2. The highest BCUT2D eigenvalue weighted by Crippen LogP contribution is 2.42. The highest BCUT2D eigenvalue weighted by atomic mass is 14.6. The predicted molar refractivity (Wildman–Crippen MR) is 186 cm³/mol. The van der Waals surface area contributed by atoms with Gasteiger partial charge < -0.3 is 0 Å². The van der Waals surface area contributed by atoms with Crippen molar-refractivity contribution >= 4 is 27.1 Å². The summed E-state index contributed by atoms with van der Waals surface area (Å²) in [6.07, 6.45) is 7.10. The quantitative estimate of drug-likeness (QED) is 0.195. The molecule has 7 aromatic rings. The van der Waals surface area contributed by atoms with Crippen LogP contribution >= 0.6 is 0 Å². The molecule has 0 aliphatic heterocycles. The van der Waals surface area contributed by atoms with Gasteiger partial charge in [0.05, 0.1) is 0 Å². The molecule has 1 aliphatic carbocycles. The Kier molecular flexibility index (Phi) is 6.50. The maximum atomic E-state index is 4.61. The number of rotatable bonds is 4. The smallest absolute Gasteiger partial charge is 0.0346 e. The van der Waals surface area contributed by atoms with E-state index in [2.05, 4.69) is 157 Å². The monoisotopic (exact) mass is 561 g/mol. The summed E-state index contributed by atoms with van der Waals surface area (Å²) >= 11 is 0. The number of allylic oxidation sites excluding steroid dienone is 2. The van der Waals surface area contributed by atoms with Crippen LogP contribution in [-0.2, 0) is 6.42 Å². The molecule has 6 aromatic carbocycles. The van der Waals surface area contributed by atoms with Crippen molar-refractivity contribution in [2.75, 3.05) is 0 Å². The van der Waals surface area contributed by atoms with Crippen LogP contribution in [0.25, 0.3) is 49.4 Å². The summed E-state index contributed by atoms with van der Waals surface area (Å²) in [6, 6.07) is 50.6. The van der Waals surface area contributed by atoms with Gasteiger partial charge in [0, 0.05) is 23.7 Å². The number of hydrogen-bond donors (Lipinski definition) is 0. The van der Waals surface area contributed by atoms with E-state index in [-0.39, 0.29) is 5.92 Å². The first kappa shape index (κ1) is 26.1. The first-order valence-electron chi connectivity index (χ1n) is 15.2. The third kappa shape index (κ3) is 4.64. The summed E-state index contributed by atoms with van der Waals surface area (Å²) in [6.45, 7) is 4.61. The third-order valence-corrected chi connectivity index (χ3v) is 9.02. The average Bonchev–Trinajstić information content (AvgIpc) is 3.24. The predicted octanol–water partition coefficient (Wildman–Crippen LogP) is 11.0. The first-order chi connectivity index (χ1) is 21.7. The fourth-order valence-corrected chi connectivity index (χ4v) is 6.82. The molecule has 0 amide bonds. The fraction of sp³-hybridized carbons (Fsp3) is 0.0465. The Labute approximate surface area is 258 Å². The van der Waals surface area contributed by atoms with Crippen LogP contribution in [0.2, 0.25) is 0 Å². The molecule has 1 heterocycles. The lowest BCUT2D eigenvalue weighted by atomic mass is 9.87. The molecule has 0 spiro atoms. The van der Waals surface area contributed by atoms with Gasteiger partial charge in [-0.25, -0.2) is 0 Å². The van der Waals surface area contributed by atoms with E-state index in [0.29, 0.717) is 0 Å². The van der Waals surface area contributed by atoms with E-state index >= 15 is 0 Å². The van der Waals surface area contributed by atoms with Crippen LogP contribution in [0.5, 0.6) is 0 Å². The molecule has 0 radical (unpaired) electrons. The fourth-order valence-electron chi connectivity index (χ4n) is 6.82. The SMILES string of the molecule is C=C1Cc2ccc3ccccc3c2C(c2cccc(-c3ccc(-c4cccc5cnccc45)cc3)c2)=CC1c1ccccc1. The first-order valence-corrected chi connectivity index (χ1v) is 15.2. The van der Waals surface area contributed by atoms with Gasteiger partial charge in [0.1, 0.15) is 0 Å². The number of benzene rings is 6. The molecule has 0 saturated heterocycles. The van der Waals surface area contributed by atoms with Crippen LogP contribution in [0.3, 0.4) is 0 Å². The van der Waals surface area contributed by atoms with Crippen LogP contribution in [0, 0.1) is 0 Å². The van der Waals surface area contributed by atoms with Crippen molar-refractivity contribution in [3.05, 3.63) is 192 Å². The van der Waals surface area contributed by atoms with E-state index in [9.17, 15) is 0 Å². The molecule has 1 aliphatic rings. The summed E-state index contributed by atoms with van der Waals surface area (Å²) in [5, 5.41) is 4.93. The molecule has 0 saturated carbocycles. The van der Waals surface area contributed by atoms with E-state index < -0.39 is 0 Å². The van der Waals surface area contributed by atoms with E-state index in [4.69, 9.17) is 0 Å². The van der Waals surface area contributed by atoms with Crippen LogP contribution in [0.15, 0.2) is 170 Å². The normalized spacial score (nSPS) is 14.7. The van der Waals surface area contributed by atoms with Crippen LogP contribution < -0.4 is 0 Å². The lowest BCUT2D eigenvalue weighted by molar-refractivity contribution is 0.947. The molecule has 1 heteroatoms. The van der Waals surface area contributed by atoms with Crippen molar-refractivity contribution in [3.63, 3.8) is 0 Å². The summed E-state index contributed by atoms with van der Waals surface area (Å²) in [5.41, 5.74) is 12.5. The topological polar surface area (TPSA) is 12.9 Å². The minimum Gasteiger partial charge on any atom is -0.264 e. The molecule has 1 unspecified atom stereocenters. The second kappa shape index (κ2) is 10.9. The van der Waals surface area contributed by atoms with Gasteiger partial charge in [0.2, 0.25) is 0 Å². The molecule has 1 atom stereocenters. The van der Waals surface area contributed by atoms with Crippen molar-refractivity contribution in [2.24, 2.45) is 0 Å². The van der Waals surface area contributed by atoms with Gasteiger partial charge in [0.25, 0.3) is 0 Å². The Balaban J connectivity index is 1.25. The molecule has 0 fully saturated rings. The van der Waals surface area contributed by atoms with Crippen molar-refractivity contribution in [2.45, 2.75) is 12.3 Å². The third-order valence-electron chi connectivity index (χ3n) is 9.02. The molecule has 208 valence electrons.